The summed E-state index contributed by atoms with van der Waals surface area (Å²) in [7, 11) is 0. The van der Waals surface area contributed by atoms with Gasteiger partial charge in [-0.2, -0.15) is 0 Å². The Morgan fingerprint density at radius 1 is 1.33 bits per heavy atom. The van der Waals surface area contributed by atoms with Crippen molar-refractivity contribution in [3.8, 4) is 0 Å². The van der Waals surface area contributed by atoms with Gasteiger partial charge in [-0.1, -0.05) is 41.0 Å². The molecule has 0 amide bonds. The van der Waals surface area contributed by atoms with Crippen LogP contribution in [0.3, 0.4) is 0 Å². The molecule has 0 fully saturated rings. The van der Waals surface area contributed by atoms with Crippen molar-refractivity contribution in [2.75, 3.05) is 0 Å². The van der Waals surface area contributed by atoms with E-state index in [9.17, 15) is 9.90 Å². The van der Waals surface area contributed by atoms with E-state index in [0.29, 0.717) is 6.42 Å². The highest BCUT2D eigenvalue weighted by molar-refractivity contribution is 5.74. The van der Waals surface area contributed by atoms with E-state index in [1.54, 1.807) is 0 Å². The van der Waals surface area contributed by atoms with Gasteiger partial charge >= 0.3 is 5.97 Å². The minimum Gasteiger partial charge on any atom is -0.460 e. The van der Waals surface area contributed by atoms with Gasteiger partial charge < -0.3 is 9.84 Å². The molecular formula is C12H24O3. The van der Waals surface area contributed by atoms with Gasteiger partial charge in [0.2, 0.25) is 0 Å². The number of aliphatic hydroxyl groups is 1. The Morgan fingerprint density at radius 3 is 2.20 bits per heavy atom. The predicted molar refractivity (Wildman–Crippen MR) is 60.5 cm³/mol. The zero-order chi connectivity index (χ0) is 12.1. The largest absolute Gasteiger partial charge is 0.460 e. The van der Waals surface area contributed by atoms with E-state index < -0.39 is 12.1 Å². The van der Waals surface area contributed by atoms with Gasteiger partial charge in [0, 0.05) is 0 Å². The Morgan fingerprint density at radius 2 is 1.87 bits per heavy atom. The van der Waals surface area contributed by atoms with Crippen LogP contribution < -0.4 is 0 Å². The lowest BCUT2D eigenvalue weighted by atomic mass is 9.87. The second kappa shape index (κ2) is 6.11. The summed E-state index contributed by atoms with van der Waals surface area (Å²) in [6, 6.07) is 0. The molecule has 0 rings (SSSR count). The second-order valence-corrected chi connectivity index (χ2v) is 5.00. The SMILES string of the molecule is CCCC(O)C(=O)OC(CC)C(C)(C)C. The van der Waals surface area contributed by atoms with Crippen molar-refractivity contribution in [3.05, 3.63) is 0 Å². The maximum absolute atomic E-state index is 11.5. The van der Waals surface area contributed by atoms with Crippen LogP contribution >= 0.6 is 0 Å². The molecule has 0 heterocycles. The molecule has 90 valence electrons. The fourth-order valence-electron chi connectivity index (χ4n) is 1.48. The number of esters is 1. The third-order valence-corrected chi connectivity index (χ3v) is 2.43. The summed E-state index contributed by atoms with van der Waals surface area (Å²) in [6.45, 7) is 9.99. The quantitative estimate of drug-likeness (QED) is 0.718. The third kappa shape index (κ3) is 5.17. The number of hydrogen-bond donors (Lipinski definition) is 1. The molecule has 0 saturated heterocycles. The molecular weight excluding hydrogens is 192 g/mol. The summed E-state index contributed by atoms with van der Waals surface area (Å²) < 4.78 is 5.29. The first-order chi connectivity index (χ1) is 6.82. The van der Waals surface area contributed by atoms with Crippen LogP contribution in [0.2, 0.25) is 0 Å². The van der Waals surface area contributed by atoms with Crippen molar-refractivity contribution >= 4 is 5.97 Å². The first-order valence-corrected chi connectivity index (χ1v) is 5.71. The van der Waals surface area contributed by atoms with E-state index in [2.05, 4.69) is 0 Å². The van der Waals surface area contributed by atoms with E-state index in [0.717, 1.165) is 12.8 Å². The standard InChI is InChI=1S/C12H24O3/c1-6-8-9(13)11(14)15-10(7-2)12(3,4)5/h9-10,13H,6-8H2,1-5H3. The third-order valence-electron chi connectivity index (χ3n) is 2.43. The molecule has 0 aromatic rings. The molecule has 2 atom stereocenters. The average Bonchev–Trinajstić information content (AvgIpc) is 2.12. The highest BCUT2D eigenvalue weighted by Gasteiger charge is 2.28. The van der Waals surface area contributed by atoms with Gasteiger partial charge in [-0.05, 0) is 18.3 Å². The molecule has 0 aliphatic rings. The average molecular weight is 216 g/mol. The molecule has 0 saturated carbocycles. The lowest BCUT2D eigenvalue weighted by Gasteiger charge is -2.30. The Labute approximate surface area is 92.8 Å². The fourth-order valence-corrected chi connectivity index (χ4v) is 1.48. The fraction of sp³-hybridized carbons (Fsp3) is 0.917. The normalized spacial score (nSPS) is 15.9. The smallest absolute Gasteiger partial charge is 0.335 e. The van der Waals surface area contributed by atoms with Gasteiger partial charge in [0.1, 0.15) is 6.10 Å². The molecule has 0 aromatic carbocycles. The summed E-state index contributed by atoms with van der Waals surface area (Å²) in [5.41, 5.74) is -0.0731. The van der Waals surface area contributed by atoms with Crippen LogP contribution in [0.15, 0.2) is 0 Å². The van der Waals surface area contributed by atoms with E-state index >= 15 is 0 Å². The van der Waals surface area contributed by atoms with Gasteiger partial charge in [0.25, 0.3) is 0 Å². The van der Waals surface area contributed by atoms with Gasteiger partial charge in [-0.15, -0.1) is 0 Å². The number of rotatable bonds is 5. The van der Waals surface area contributed by atoms with Gasteiger partial charge in [0.05, 0.1) is 0 Å². The summed E-state index contributed by atoms with van der Waals surface area (Å²) in [4.78, 5) is 11.5. The van der Waals surface area contributed by atoms with Crippen LogP contribution in [-0.2, 0) is 9.53 Å². The zero-order valence-electron chi connectivity index (χ0n) is 10.5. The molecule has 0 aromatic heterocycles. The van der Waals surface area contributed by atoms with Gasteiger partial charge in [0.15, 0.2) is 6.10 Å². The first-order valence-electron chi connectivity index (χ1n) is 5.71. The van der Waals surface area contributed by atoms with Crippen molar-refractivity contribution in [1.29, 1.82) is 0 Å². The zero-order valence-corrected chi connectivity index (χ0v) is 10.5. The minimum absolute atomic E-state index is 0.0731. The number of ether oxygens (including phenoxy) is 1. The molecule has 3 heteroatoms. The number of aliphatic hydroxyl groups excluding tert-OH is 1. The summed E-state index contributed by atoms with van der Waals surface area (Å²) in [5, 5.41) is 9.45. The van der Waals surface area contributed by atoms with Crippen molar-refractivity contribution < 1.29 is 14.6 Å². The number of carbonyl (C=O) groups is 1. The monoisotopic (exact) mass is 216 g/mol. The molecule has 2 unspecified atom stereocenters. The molecule has 0 spiro atoms. The second-order valence-electron chi connectivity index (χ2n) is 5.00. The summed E-state index contributed by atoms with van der Waals surface area (Å²) in [5.74, 6) is -0.487. The topological polar surface area (TPSA) is 46.5 Å². The van der Waals surface area contributed by atoms with Crippen molar-refractivity contribution in [3.63, 3.8) is 0 Å². The molecule has 3 nitrogen and oxygen atoms in total. The maximum Gasteiger partial charge on any atom is 0.335 e. The lowest BCUT2D eigenvalue weighted by molar-refractivity contribution is -0.165. The van der Waals surface area contributed by atoms with Crippen molar-refractivity contribution in [2.24, 2.45) is 5.41 Å². The van der Waals surface area contributed by atoms with Crippen LogP contribution in [0.4, 0.5) is 0 Å². The van der Waals surface area contributed by atoms with Crippen LogP contribution in [0.5, 0.6) is 0 Å². The molecule has 0 radical (unpaired) electrons. The van der Waals surface area contributed by atoms with E-state index in [-0.39, 0.29) is 11.5 Å². The molecule has 0 aliphatic carbocycles. The van der Waals surface area contributed by atoms with E-state index in [1.807, 2.05) is 34.6 Å². The Bertz CT molecular complexity index is 194. The molecule has 15 heavy (non-hydrogen) atoms. The van der Waals surface area contributed by atoms with Crippen LogP contribution in [0.25, 0.3) is 0 Å². The summed E-state index contributed by atoms with van der Waals surface area (Å²) >= 11 is 0. The molecule has 0 aliphatic heterocycles. The number of carbonyl (C=O) groups excluding carboxylic acids is 1. The highest BCUT2D eigenvalue weighted by Crippen LogP contribution is 2.25. The maximum atomic E-state index is 11.5. The van der Waals surface area contributed by atoms with Gasteiger partial charge in [-0.25, -0.2) is 4.79 Å². The molecule has 0 bridgehead atoms. The van der Waals surface area contributed by atoms with Crippen LogP contribution in [0.1, 0.15) is 53.9 Å². The molecule has 1 N–H and O–H groups in total. The highest BCUT2D eigenvalue weighted by atomic mass is 16.6. The Balaban J connectivity index is 4.25. The van der Waals surface area contributed by atoms with E-state index in [4.69, 9.17) is 4.74 Å². The van der Waals surface area contributed by atoms with Crippen molar-refractivity contribution in [2.45, 2.75) is 66.1 Å². The Hall–Kier alpha value is -0.570. The Kier molecular flexibility index (Phi) is 5.88. The first kappa shape index (κ1) is 14.4. The van der Waals surface area contributed by atoms with Crippen LogP contribution in [0, 0.1) is 5.41 Å². The van der Waals surface area contributed by atoms with Gasteiger partial charge in [-0.3, -0.25) is 0 Å². The lowest BCUT2D eigenvalue weighted by Crippen LogP contribution is -2.35. The predicted octanol–water partition coefficient (Wildman–Crippen LogP) is 2.52. The number of hydrogen-bond acceptors (Lipinski definition) is 3. The van der Waals surface area contributed by atoms with E-state index in [1.165, 1.54) is 0 Å². The summed E-state index contributed by atoms with van der Waals surface area (Å²) in [6.07, 6.45) is 0.929. The minimum atomic E-state index is -0.966. The van der Waals surface area contributed by atoms with Crippen LogP contribution in [-0.4, -0.2) is 23.3 Å². The van der Waals surface area contributed by atoms with Crippen molar-refractivity contribution in [1.82, 2.24) is 0 Å².